The predicted octanol–water partition coefficient (Wildman–Crippen LogP) is 4.52. The number of hydrogen-bond donors (Lipinski definition) is 0. The van der Waals surface area contributed by atoms with E-state index >= 15 is 0 Å². The van der Waals surface area contributed by atoms with Crippen molar-refractivity contribution in [3.63, 3.8) is 0 Å². The molecule has 0 unspecified atom stereocenters. The Bertz CT molecular complexity index is 1650. The van der Waals surface area contributed by atoms with Gasteiger partial charge in [-0.2, -0.15) is 0 Å². The summed E-state index contributed by atoms with van der Waals surface area (Å²) in [5.74, 6) is 0.0402. The van der Waals surface area contributed by atoms with Crippen LogP contribution < -0.4 is 0 Å². The molecule has 0 saturated carbocycles. The summed E-state index contributed by atoms with van der Waals surface area (Å²) in [6.45, 7) is 8.83. The van der Waals surface area contributed by atoms with Crippen LogP contribution in [0.15, 0.2) is 55.0 Å². The average molecular weight is 494 g/mol. The maximum atomic E-state index is 13.3. The van der Waals surface area contributed by atoms with Crippen LogP contribution >= 0.6 is 0 Å². The summed E-state index contributed by atoms with van der Waals surface area (Å²) >= 11 is 0. The first-order valence-corrected chi connectivity index (χ1v) is 12.4. The van der Waals surface area contributed by atoms with E-state index in [1.54, 1.807) is 41.3 Å². The molecule has 1 atom stereocenters. The lowest BCUT2D eigenvalue weighted by Crippen LogP contribution is -2.35. The second-order valence-electron chi connectivity index (χ2n) is 9.97. The number of aryl methyl sites for hydroxylation is 1. The number of carbonyl (C=O) groups excluding carboxylic acids is 2. The molecule has 0 spiro atoms. The van der Waals surface area contributed by atoms with Gasteiger partial charge in [-0.15, -0.1) is 5.10 Å². The second kappa shape index (κ2) is 8.62. The fraction of sp³-hybridized carbons (Fsp3) is 0.286. The topological polar surface area (TPSA) is 98.3 Å². The Morgan fingerprint density at radius 1 is 0.892 bits per heavy atom. The molecule has 4 aromatic heterocycles. The van der Waals surface area contributed by atoms with Crippen LogP contribution in [0.5, 0.6) is 0 Å². The van der Waals surface area contributed by atoms with Crippen molar-refractivity contribution in [1.29, 1.82) is 0 Å². The minimum Gasteiger partial charge on any atom is -0.323 e. The molecule has 37 heavy (non-hydrogen) atoms. The van der Waals surface area contributed by atoms with Gasteiger partial charge >= 0.3 is 0 Å². The molecular weight excluding hydrogens is 466 g/mol. The number of hydrogen-bond acceptors (Lipinski definition) is 6. The number of aromatic nitrogens is 6. The van der Waals surface area contributed by atoms with Gasteiger partial charge < -0.3 is 4.57 Å². The summed E-state index contributed by atoms with van der Waals surface area (Å²) in [5, 5.41) is 5.63. The zero-order valence-corrected chi connectivity index (χ0v) is 21.2. The lowest BCUT2D eigenvalue weighted by Gasteiger charge is -2.25. The molecule has 1 aliphatic rings. The van der Waals surface area contributed by atoms with Gasteiger partial charge in [-0.1, -0.05) is 32.0 Å². The van der Waals surface area contributed by atoms with Crippen molar-refractivity contribution in [2.45, 2.75) is 46.7 Å². The highest BCUT2D eigenvalue weighted by atomic mass is 16.2. The third-order valence-electron chi connectivity index (χ3n) is 7.14. The van der Waals surface area contributed by atoms with E-state index in [4.69, 9.17) is 15.1 Å². The van der Waals surface area contributed by atoms with Gasteiger partial charge in [0.25, 0.3) is 11.8 Å². The third kappa shape index (κ3) is 3.61. The van der Waals surface area contributed by atoms with Crippen LogP contribution in [-0.4, -0.2) is 45.8 Å². The minimum absolute atomic E-state index is 0.211. The first-order chi connectivity index (χ1) is 17.8. The zero-order valence-electron chi connectivity index (χ0n) is 21.2. The van der Waals surface area contributed by atoms with E-state index in [1.807, 2.05) is 18.2 Å². The highest BCUT2D eigenvalue weighted by Crippen LogP contribution is 2.35. The van der Waals surface area contributed by atoms with E-state index in [9.17, 15) is 9.59 Å². The molecule has 9 nitrogen and oxygen atoms in total. The first-order valence-electron chi connectivity index (χ1n) is 12.4. The van der Waals surface area contributed by atoms with Crippen LogP contribution in [0.4, 0.5) is 0 Å². The Balaban J connectivity index is 1.48. The smallest absolute Gasteiger partial charge is 0.262 e. The van der Waals surface area contributed by atoms with Gasteiger partial charge in [0.2, 0.25) is 0 Å². The number of pyridine rings is 1. The van der Waals surface area contributed by atoms with Gasteiger partial charge in [-0.3, -0.25) is 19.5 Å². The number of amides is 2. The predicted molar refractivity (Wildman–Crippen MR) is 138 cm³/mol. The van der Waals surface area contributed by atoms with Crippen molar-refractivity contribution in [3.05, 3.63) is 88.9 Å². The van der Waals surface area contributed by atoms with E-state index in [1.165, 1.54) is 4.90 Å². The quantitative estimate of drug-likeness (QED) is 0.323. The van der Waals surface area contributed by atoms with Crippen LogP contribution in [0.25, 0.3) is 16.7 Å². The number of rotatable bonds is 6. The summed E-state index contributed by atoms with van der Waals surface area (Å²) in [6.07, 6.45) is 3.99. The standard InChI is InChI=1S/C28H27N7O2/c1-16(2)13-22(35-27(36)20-10-5-6-11-21(20)28(35)37)24-31-26-23-17(3)18(4)33(14-19-9-7-8-12-29-19)25(23)30-15-34(26)32-24/h5-12,15-16,22H,13-14H2,1-4H3/t22-/m1/s1. The molecule has 6 rings (SSSR count). The third-order valence-corrected chi connectivity index (χ3v) is 7.14. The first kappa shape index (κ1) is 23.0. The van der Waals surface area contributed by atoms with E-state index in [0.717, 1.165) is 28.0 Å². The van der Waals surface area contributed by atoms with Crippen molar-refractivity contribution in [3.8, 4) is 0 Å². The largest absolute Gasteiger partial charge is 0.323 e. The number of carbonyl (C=O) groups is 2. The minimum atomic E-state index is -0.584. The van der Waals surface area contributed by atoms with Crippen molar-refractivity contribution in [1.82, 2.24) is 34.0 Å². The van der Waals surface area contributed by atoms with Crippen LogP contribution in [0.1, 0.15) is 69.8 Å². The number of imide groups is 1. The SMILES string of the molecule is Cc1c(C)n(Cc2ccccn2)c2ncn3nc([C@@H](CC(C)C)N4C(=O)c5ccccc5C4=O)nc3c12. The molecule has 1 aromatic carbocycles. The fourth-order valence-corrected chi connectivity index (χ4v) is 5.20. The summed E-state index contributed by atoms with van der Waals surface area (Å²) in [6, 6.07) is 12.2. The van der Waals surface area contributed by atoms with Crippen molar-refractivity contribution in [2.24, 2.45) is 5.92 Å². The van der Waals surface area contributed by atoms with Crippen LogP contribution in [0.2, 0.25) is 0 Å². The maximum Gasteiger partial charge on any atom is 0.262 e. The van der Waals surface area contributed by atoms with Gasteiger partial charge in [-0.05, 0) is 56.0 Å². The summed E-state index contributed by atoms with van der Waals surface area (Å²) in [5.41, 5.74) is 5.38. The van der Waals surface area contributed by atoms with E-state index in [0.29, 0.717) is 35.6 Å². The summed E-state index contributed by atoms with van der Waals surface area (Å²) in [7, 11) is 0. The molecular formula is C28H27N7O2. The zero-order chi connectivity index (χ0) is 25.8. The Hall–Kier alpha value is -4.40. The molecule has 0 saturated heterocycles. The summed E-state index contributed by atoms with van der Waals surface area (Å²) in [4.78, 5) is 42.1. The highest BCUT2D eigenvalue weighted by molar-refractivity contribution is 6.21. The number of benzene rings is 1. The molecule has 9 heteroatoms. The van der Waals surface area contributed by atoms with Crippen LogP contribution in [-0.2, 0) is 6.54 Å². The molecule has 186 valence electrons. The molecule has 2 amide bonds. The van der Waals surface area contributed by atoms with E-state index in [2.05, 4.69) is 37.2 Å². The van der Waals surface area contributed by atoms with Gasteiger partial charge in [-0.25, -0.2) is 14.5 Å². The number of fused-ring (bicyclic) bond motifs is 4. The maximum absolute atomic E-state index is 13.3. The average Bonchev–Trinajstić information content (AvgIpc) is 3.51. The van der Waals surface area contributed by atoms with E-state index in [-0.39, 0.29) is 17.7 Å². The molecule has 0 bridgehead atoms. The van der Waals surface area contributed by atoms with Gasteiger partial charge in [0.15, 0.2) is 11.5 Å². The van der Waals surface area contributed by atoms with Gasteiger partial charge in [0.05, 0.1) is 28.8 Å². The Morgan fingerprint density at radius 3 is 2.24 bits per heavy atom. The lowest BCUT2D eigenvalue weighted by molar-refractivity contribution is 0.0555. The van der Waals surface area contributed by atoms with Gasteiger partial charge in [0.1, 0.15) is 18.0 Å². The highest BCUT2D eigenvalue weighted by Gasteiger charge is 2.42. The molecule has 1 aliphatic heterocycles. The second-order valence-corrected chi connectivity index (χ2v) is 9.97. The molecule has 5 heterocycles. The summed E-state index contributed by atoms with van der Waals surface area (Å²) < 4.78 is 3.79. The monoisotopic (exact) mass is 493 g/mol. The van der Waals surface area contributed by atoms with Crippen molar-refractivity contribution in [2.75, 3.05) is 0 Å². The Labute approximate surface area is 213 Å². The Morgan fingerprint density at radius 2 is 1.59 bits per heavy atom. The molecule has 5 aromatic rings. The van der Waals surface area contributed by atoms with Crippen LogP contribution in [0, 0.1) is 19.8 Å². The molecule has 0 radical (unpaired) electrons. The molecule has 0 N–H and O–H groups in total. The lowest BCUT2D eigenvalue weighted by atomic mass is 10.0. The van der Waals surface area contributed by atoms with Gasteiger partial charge in [0, 0.05) is 11.9 Å². The molecule has 0 fully saturated rings. The Kier molecular flexibility index (Phi) is 5.36. The van der Waals surface area contributed by atoms with E-state index < -0.39 is 6.04 Å². The molecule has 0 aliphatic carbocycles. The van der Waals surface area contributed by atoms with Crippen LogP contribution in [0.3, 0.4) is 0 Å². The normalized spacial score (nSPS) is 14.4. The van der Waals surface area contributed by atoms with Crippen molar-refractivity contribution >= 4 is 28.5 Å². The number of nitrogens with zero attached hydrogens (tertiary/aromatic N) is 7. The van der Waals surface area contributed by atoms with Crippen molar-refractivity contribution < 1.29 is 9.59 Å². The fourth-order valence-electron chi connectivity index (χ4n) is 5.20.